The number of nitrogens with zero attached hydrogens (tertiary/aromatic N) is 1. The normalized spacial score (nSPS) is 10.6. The van der Waals surface area contributed by atoms with Crippen LogP contribution in [0.25, 0.3) is 5.69 Å². The van der Waals surface area contributed by atoms with E-state index < -0.39 is 0 Å². The molecule has 0 fully saturated rings. The van der Waals surface area contributed by atoms with Gasteiger partial charge in [-0.1, -0.05) is 22.0 Å². The number of H-pyrrole nitrogens is 1. The van der Waals surface area contributed by atoms with Gasteiger partial charge in [0.25, 0.3) is 0 Å². The fraction of sp³-hybridized carbons (Fsp3) is 0.182. The van der Waals surface area contributed by atoms with Crippen LogP contribution in [0.1, 0.15) is 11.3 Å². The molecule has 0 bridgehead atoms. The van der Waals surface area contributed by atoms with E-state index in [0.717, 1.165) is 20.6 Å². The van der Waals surface area contributed by atoms with E-state index in [1.165, 1.54) is 5.56 Å². The fourth-order valence-corrected chi connectivity index (χ4v) is 2.17. The lowest BCUT2D eigenvalue weighted by molar-refractivity contribution is 0.982. The van der Waals surface area contributed by atoms with Crippen molar-refractivity contribution in [2.75, 3.05) is 0 Å². The molecule has 0 unspecified atom stereocenters. The van der Waals surface area contributed by atoms with Gasteiger partial charge in [-0.15, -0.1) is 0 Å². The third-order valence-corrected chi connectivity index (χ3v) is 3.53. The van der Waals surface area contributed by atoms with Gasteiger partial charge >= 0.3 is 0 Å². The average Bonchev–Trinajstić information content (AvgIpc) is 2.52. The van der Waals surface area contributed by atoms with Crippen molar-refractivity contribution in [3.8, 4) is 5.69 Å². The lowest BCUT2D eigenvalue weighted by Crippen LogP contribution is -1.96. The lowest BCUT2D eigenvalue weighted by atomic mass is 10.2. The van der Waals surface area contributed by atoms with Crippen molar-refractivity contribution in [1.82, 2.24) is 9.55 Å². The van der Waals surface area contributed by atoms with Gasteiger partial charge in [0.2, 0.25) is 0 Å². The summed E-state index contributed by atoms with van der Waals surface area (Å²) >= 11 is 8.75. The predicted molar refractivity (Wildman–Crippen MR) is 68.1 cm³/mol. The third-order valence-electron chi connectivity index (χ3n) is 2.37. The first-order valence-corrected chi connectivity index (χ1v) is 5.83. The van der Waals surface area contributed by atoms with E-state index in [-0.39, 0.29) is 0 Å². The number of aromatic amines is 1. The minimum atomic E-state index is 0.725. The number of hydrogen-bond donors (Lipinski definition) is 1. The highest BCUT2D eigenvalue weighted by molar-refractivity contribution is 9.10. The number of rotatable bonds is 1. The molecule has 0 saturated carbocycles. The summed E-state index contributed by atoms with van der Waals surface area (Å²) in [5.41, 5.74) is 3.41. The molecule has 0 aliphatic heterocycles. The summed E-state index contributed by atoms with van der Waals surface area (Å²) in [7, 11) is 0. The van der Waals surface area contributed by atoms with Gasteiger partial charge < -0.3 is 4.98 Å². The molecular weight excluding hydrogens is 272 g/mol. The number of benzene rings is 1. The maximum atomic E-state index is 5.22. The molecule has 0 atom stereocenters. The molecule has 1 aromatic heterocycles. The molecule has 78 valence electrons. The van der Waals surface area contributed by atoms with E-state index in [4.69, 9.17) is 12.2 Å². The second kappa shape index (κ2) is 3.94. The quantitative estimate of drug-likeness (QED) is 0.787. The number of imidazole rings is 1. The van der Waals surface area contributed by atoms with Crippen molar-refractivity contribution in [2.24, 2.45) is 0 Å². The molecule has 1 heterocycles. The van der Waals surface area contributed by atoms with Gasteiger partial charge in [0.1, 0.15) is 0 Å². The molecule has 15 heavy (non-hydrogen) atoms. The number of nitrogens with one attached hydrogen (secondary N) is 1. The standard InChI is InChI=1S/C11H11BrN2S/c1-7-3-4-9(5-10(7)12)14-8(2)6-13-11(14)15/h3-6H,1-2H3,(H,13,15). The summed E-state index contributed by atoms with van der Waals surface area (Å²) < 4.78 is 3.84. The van der Waals surface area contributed by atoms with Gasteiger partial charge in [0.15, 0.2) is 4.77 Å². The number of aryl methyl sites for hydroxylation is 2. The molecule has 0 saturated heterocycles. The van der Waals surface area contributed by atoms with Crippen LogP contribution in [0.15, 0.2) is 28.9 Å². The van der Waals surface area contributed by atoms with Gasteiger partial charge in [0, 0.05) is 22.1 Å². The van der Waals surface area contributed by atoms with Crippen molar-refractivity contribution in [3.63, 3.8) is 0 Å². The summed E-state index contributed by atoms with van der Waals surface area (Å²) in [6.45, 7) is 4.09. The first-order valence-electron chi connectivity index (χ1n) is 4.63. The molecule has 1 N–H and O–H groups in total. The molecule has 2 nitrogen and oxygen atoms in total. The van der Waals surface area contributed by atoms with Crippen LogP contribution in [0.2, 0.25) is 0 Å². The highest BCUT2D eigenvalue weighted by atomic mass is 79.9. The van der Waals surface area contributed by atoms with Crippen LogP contribution in [0, 0.1) is 18.6 Å². The topological polar surface area (TPSA) is 20.7 Å². The fourth-order valence-electron chi connectivity index (χ4n) is 1.50. The minimum absolute atomic E-state index is 0.725. The van der Waals surface area contributed by atoms with E-state index in [9.17, 15) is 0 Å². The Labute approximate surface area is 102 Å². The number of hydrogen-bond acceptors (Lipinski definition) is 1. The van der Waals surface area contributed by atoms with Crippen LogP contribution in [0.5, 0.6) is 0 Å². The maximum Gasteiger partial charge on any atom is 0.182 e. The number of halogens is 1. The van der Waals surface area contributed by atoms with E-state index in [2.05, 4.69) is 46.0 Å². The van der Waals surface area contributed by atoms with Crippen LogP contribution >= 0.6 is 28.1 Å². The first kappa shape index (κ1) is 10.6. The van der Waals surface area contributed by atoms with E-state index in [0.29, 0.717) is 0 Å². The Morgan fingerprint density at radius 1 is 1.33 bits per heavy atom. The smallest absolute Gasteiger partial charge is 0.182 e. The van der Waals surface area contributed by atoms with Crippen LogP contribution in [0.4, 0.5) is 0 Å². The van der Waals surface area contributed by atoms with E-state index >= 15 is 0 Å². The van der Waals surface area contributed by atoms with Crippen molar-refractivity contribution in [2.45, 2.75) is 13.8 Å². The minimum Gasteiger partial charge on any atom is -0.337 e. The SMILES string of the molecule is Cc1ccc(-n2c(C)c[nH]c2=S)cc1Br. The van der Waals surface area contributed by atoms with Crippen molar-refractivity contribution < 1.29 is 0 Å². The molecular formula is C11H11BrN2S. The highest BCUT2D eigenvalue weighted by Gasteiger charge is 2.03. The molecule has 4 heteroatoms. The van der Waals surface area contributed by atoms with Crippen LogP contribution < -0.4 is 0 Å². The molecule has 0 aliphatic rings. The summed E-state index contributed by atoms with van der Waals surface area (Å²) in [4.78, 5) is 3.03. The summed E-state index contributed by atoms with van der Waals surface area (Å²) in [6, 6.07) is 6.22. The van der Waals surface area contributed by atoms with Gasteiger partial charge in [-0.2, -0.15) is 0 Å². The van der Waals surface area contributed by atoms with Crippen molar-refractivity contribution in [3.05, 3.63) is 44.9 Å². The molecule has 2 aromatic rings. The Balaban J connectivity index is 2.65. The van der Waals surface area contributed by atoms with Crippen LogP contribution in [0.3, 0.4) is 0 Å². The number of aromatic nitrogens is 2. The summed E-state index contributed by atoms with van der Waals surface area (Å²) in [6.07, 6.45) is 1.91. The van der Waals surface area contributed by atoms with Crippen LogP contribution in [-0.2, 0) is 0 Å². The zero-order valence-electron chi connectivity index (χ0n) is 8.54. The Kier molecular flexibility index (Phi) is 2.80. The van der Waals surface area contributed by atoms with Crippen LogP contribution in [-0.4, -0.2) is 9.55 Å². The Morgan fingerprint density at radius 2 is 2.07 bits per heavy atom. The Bertz CT molecular complexity index is 554. The van der Waals surface area contributed by atoms with Gasteiger partial charge in [-0.05, 0) is 43.8 Å². The van der Waals surface area contributed by atoms with Gasteiger partial charge in [-0.3, -0.25) is 4.57 Å². The molecule has 0 radical (unpaired) electrons. The second-order valence-electron chi connectivity index (χ2n) is 3.50. The van der Waals surface area contributed by atoms with Crippen molar-refractivity contribution >= 4 is 28.1 Å². The second-order valence-corrected chi connectivity index (χ2v) is 4.75. The molecule has 0 spiro atoms. The average molecular weight is 283 g/mol. The van der Waals surface area contributed by atoms with E-state index in [1.54, 1.807) is 0 Å². The Hall–Kier alpha value is -0.870. The Morgan fingerprint density at radius 3 is 2.60 bits per heavy atom. The highest BCUT2D eigenvalue weighted by Crippen LogP contribution is 2.21. The predicted octanol–water partition coefficient (Wildman–Crippen LogP) is 3.91. The first-order chi connectivity index (χ1) is 7.09. The lowest BCUT2D eigenvalue weighted by Gasteiger charge is -2.07. The van der Waals surface area contributed by atoms with Gasteiger partial charge in [-0.25, -0.2) is 0 Å². The van der Waals surface area contributed by atoms with Crippen molar-refractivity contribution in [1.29, 1.82) is 0 Å². The molecule has 0 aliphatic carbocycles. The zero-order valence-corrected chi connectivity index (χ0v) is 10.9. The zero-order chi connectivity index (χ0) is 11.0. The monoisotopic (exact) mass is 282 g/mol. The third kappa shape index (κ3) is 1.92. The largest absolute Gasteiger partial charge is 0.337 e. The summed E-state index contributed by atoms with van der Waals surface area (Å²) in [5.74, 6) is 0. The molecule has 2 rings (SSSR count). The molecule has 0 amide bonds. The molecule has 1 aromatic carbocycles. The van der Waals surface area contributed by atoms with E-state index in [1.807, 2.05) is 17.7 Å². The summed E-state index contributed by atoms with van der Waals surface area (Å²) in [5, 5.41) is 0. The maximum absolute atomic E-state index is 5.22. The van der Waals surface area contributed by atoms with Gasteiger partial charge in [0.05, 0.1) is 0 Å².